The number of rotatable bonds is 5. The molecule has 1 aliphatic heterocycles. The highest BCUT2D eigenvalue weighted by Crippen LogP contribution is 2.44. The fourth-order valence-corrected chi connectivity index (χ4v) is 6.39. The number of fused-ring (bicyclic) bond motifs is 1. The summed E-state index contributed by atoms with van der Waals surface area (Å²) in [5.74, 6) is -0.567. The number of amides is 2. The Balaban J connectivity index is 1.62. The van der Waals surface area contributed by atoms with E-state index in [0.29, 0.717) is 22.2 Å². The zero-order valence-corrected chi connectivity index (χ0v) is 20.8. The molecule has 1 saturated heterocycles. The molecular weight excluding hydrogens is 452 g/mol. The van der Waals surface area contributed by atoms with Crippen LogP contribution in [0.15, 0.2) is 18.2 Å². The number of nitrogens with zero attached hydrogens (tertiary/aromatic N) is 2. The molecule has 9 heteroatoms. The molecule has 1 aromatic carbocycles. The first-order chi connectivity index (χ1) is 16.1. The molecule has 2 amide bonds. The Morgan fingerprint density at radius 2 is 1.91 bits per heavy atom. The number of nitrogens with two attached hydrogens (primary N) is 1. The molecule has 1 aliphatic carbocycles. The number of carbonyl (C=O) groups excluding carboxylic acids is 2. The number of piperidine rings is 1. The molecule has 1 aromatic heterocycles. The van der Waals surface area contributed by atoms with E-state index in [4.69, 9.17) is 5.73 Å². The molecule has 8 nitrogen and oxygen atoms in total. The fraction of sp³-hybridized carbons (Fsp3) is 0.520. The molecule has 1 atom stereocenters. The van der Waals surface area contributed by atoms with E-state index in [1.54, 1.807) is 12.1 Å². The Morgan fingerprint density at radius 3 is 2.53 bits per heavy atom. The molecule has 0 spiro atoms. The third-order valence-corrected chi connectivity index (χ3v) is 8.26. The number of benzene rings is 1. The van der Waals surface area contributed by atoms with Crippen molar-refractivity contribution >= 4 is 39.5 Å². The van der Waals surface area contributed by atoms with Crippen LogP contribution in [-0.2, 0) is 12.8 Å². The van der Waals surface area contributed by atoms with Crippen LogP contribution in [0.1, 0.15) is 77.6 Å². The van der Waals surface area contributed by atoms with Crippen molar-refractivity contribution in [2.24, 2.45) is 17.1 Å². The second kappa shape index (κ2) is 9.37. The summed E-state index contributed by atoms with van der Waals surface area (Å²) in [5.41, 5.74) is 7.80. The third kappa shape index (κ3) is 4.80. The maximum Gasteiger partial charge on any atom is 0.293 e. The van der Waals surface area contributed by atoms with E-state index in [0.717, 1.165) is 62.1 Å². The number of hydrogen-bond acceptors (Lipinski definition) is 6. The highest BCUT2D eigenvalue weighted by atomic mass is 32.1. The average molecular weight is 485 g/mol. The summed E-state index contributed by atoms with van der Waals surface area (Å²) in [6.07, 6.45) is 5.66. The van der Waals surface area contributed by atoms with Gasteiger partial charge in [-0.05, 0) is 67.6 Å². The Kier molecular flexibility index (Phi) is 6.66. The van der Waals surface area contributed by atoms with Crippen molar-refractivity contribution < 1.29 is 14.5 Å². The number of primary amides is 1. The van der Waals surface area contributed by atoms with E-state index in [-0.39, 0.29) is 16.7 Å². The predicted molar refractivity (Wildman–Crippen MR) is 135 cm³/mol. The van der Waals surface area contributed by atoms with Crippen LogP contribution >= 0.6 is 11.3 Å². The van der Waals surface area contributed by atoms with Crippen LogP contribution in [0.4, 0.5) is 16.4 Å². The summed E-state index contributed by atoms with van der Waals surface area (Å²) in [6, 6.07) is 4.59. The van der Waals surface area contributed by atoms with E-state index in [1.165, 1.54) is 17.4 Å². The van der Waals surface area contributed by atoms with Crippen LogP contribution < -0.4 is 16.0 Å². The summed E-state index contributed by atoms with van der Waals surface area (Å²) in [4.78, 5) is 39.8. The van der Waals surface area contributed by atoms with Gasteiger partial charge >= 0.3 is 0 Å². The maximum atomic E-state index is 13.1. The van der Waals surface area contributed by atoms with E-state index in [2.05, 4.69) is 26.1 Å². The predicted octanol–water partition coefficient (Wildman–Crippen LogP) is 5.15. The number of hydrogen-bond donors (Lipinski definition) is 2. The SMILES string of the molecule is CC(C)(C)[C@H]1CCc2c(sc(NC(=O)c3ccc(N4CCCCC4)c([N+](=O)[O-])c3)c2C(N)=O)C1. The number of carbonyl (C=O) groups is 2. The zero-order valence-electron chi connectivity index (χ0n) is 20.0. The molecule has 4 rings (SSSR count). The molecule has 3 N–H and O–H groups in total. The van der Waals surface area contributed by atoms with Crippen molar-refractivity contribution in [2.75, 3.05) is 23.3 Å². The standard InChI is InChI=1S/C25H32N4O4S/c1-25(2,3)16-8-9-17-20(14-16)34-24(21(17)22(26)30)27-23(31)15-7-10-18(19(13-15)29(32)33)28-11-5-4-6-12-28/h7,10,13,16H,4-6,8-9,11-12,14H2,1-3H3,(H2,26,30)(H,27,31)/t16-/m0/s1. The Labute approximate surface area is 203 Å². The van der Waals surface area contributed by atoms with E-state index in [9.17, 15) is 19.7 Å². The molecular formula is C25H32N4O4S. The Bertz CT molecular complexity index is 1130. The van der Waals surface area contributed by atoms with Crippen LogP contribution in [0.2, 0.25) is 0 Å². The minimum absolute atomic E-state index is 0.0804. The highest BCUT2D eigenvalue weighted by molar-refractivity contribution is 7.17. The summed E-state index contributed by atoms with van der Waals surface area (Å²) in [6.45, 7) is 8.19. The van der Waals surface area contributed by atoms with Gasteiger partial charge in [-0.3, -0.25) is 19.7 Å². The van der Waals surface area contributed by atoms with Crippen LogP contribution in [0.25, 0.3) is 0 Å². The van der Waals surface area contributed by atoms with Crippen LogP contribution in [0.5, 0.6) is 0 Å². The molecule has 34 heavy (non-hydrogen) atoms. The maximum absolute atomic E-state index is 13.1. The van der Waals surface area contributed by atoms with E-state index in [1.807, 2.05) is 4.90 Å². The van der Waals surface area contributed by atoms with Crippen molar-refractivity contribution in [1.29, 1.82) is 0 Å². The summed E-state index contributed by atoms with van der Waals surface area (Å²) < 4.78 is 0. The van der Waals surface area contributed by atoms with Gasteiger partial charge in [0, 0.05) is 29.6 Å². The van der Waals surface area contributed by atoms with Gasteiger partial charge in [0.25, 0.3) is 17.5 Å². The molecule has 0 saturated carbocycles. The first-order valence-electron chi connectivity index (χ1n) is 11.9. The smallest absolute Gasteiger partial charge is 0.293 e. The molecule has 2 heterocycles. The molecule has 0 radical (unpaired) electrons. The summed E-state index contributed by atoms with van der Waals surface area (Å²) in [7, 11) is 0. The van der Waals surface area contributed by atoms with Crippen molar-refractivity contribution in [3.05, 3.63) is 49.9 Å². The van der Waals surface area contributed by atoms with Gasteiger partial charge in [-0.15, -0.1) is 11.3 Å². The van der Waals surface area contributed by atoms with E-state index < -0.39 is 16.7 Å². The number of anilines is 2. The van der Waals surface area contributed by atoms with Crippen molar-refractivity contribution in [2.45, 2.75) is 59.3 Å². The second-order valence-corrected chi connectivity index (χ2v) is 11.4. The van der Waals surface area contributed by atoms with Gasteiger partial charge in [-0.1, -0.05) is 20.8 Å². The minimum atomic E-state index is -0.562. The second-order valence-electron chi connectivity index (χ2n) is 10.3. The summed E-state index contributed by atoms with van der Waals surface area (Å²) in [5, 5.41) is 15.0. The Hall–Kier alpha value is -2.94. The minimum Gasteiger partial charge on any atom is -0.366 e. The number of nitro benzene ring substituents is 1. The van der Waals surface area contributed by atoms with Gasteiger partial charge in [0.05, 0.1) is 10.5 Å². The zero-order chi connectivity index (χ0) is 24.6. The highest BCUT2D eigenvalue weighted by Gasteiger charge is 2.34. The average Bonchev–Trinajstić information content (AvgIpc) is 3.15. The monoisotopic (exact) mass is 484 g/mol. The topological polar surface area (TPSA) is 119 Å². The molecule has 1 fully saturated rings. The van der Waals surface area contributed by atoms with Gasteiger partial charge < -0.3 is 16.0 Å². The van der Waals surface area contributed by atoms with Gasteiger partial charge in [-0.25, -0.2) is 0 Å². The van der Waals surface area contributed by atoms with Gasteiger partial charge in [0.2, 0.25) is 0 Å². The summed E-state index contributed by atoms with van der Waals surface area (Å²) >= 11 is 1.39. The lowest BCUT2D eigenvalue weighted by Gasteiger charge is -2.33. The number of thiophene rings is 1. The van der Waals surface area contributed by atoms with Crippen LogP contribution in [0, 0.1) is 21.4 Å². The van der Waals surface area contributed by atoms with Crippen molar-refractivity contribution in [1.82, 2.24) is 0 Å². The van der Waals surface area contributed by atoms with E-state index >= 15 is 0 Å². The lowest BCUT2D eigenvalue weighted by atomic mass is 9.72. The van der Waals surface area contributed by atoms with Crippen LogP contribution in [-0.4, -0.2) is 29.8 Å². The number of nitrogens with one attached hydrogen (secondary N) is 1. The Morgan fingerprint density at radius 1 is 1.21 bits per heavy atom. The normalized spacial score (nSPS) is 18.3. The first kappa shape index (κ1) is 24.2. The fourth-order valence-electron chi connectivity index (χ4n) is 5.06. The quantitative estimate of drug-likeness (QED) is 0.449. The molecule has 2 aliphatic rings. The van der Waals surface area contributed by atoms with Gasteiger partial charge in [-0.2, -0.15) is 0 Å². The first-order valence-corrected chi connectivity index (χ1v) is 12.7. The third-order valence-electron chi connectivity index (χ3n) is 7.09. The molecule has 0 unspecified atom stereocenters. The number of nitro groups is 1. The molecule has 0 bridgehead atoms. The molecule has 182 valence electrons. The van der Waals surface area contributed by atoms with Gasteiger partial charge in [0.1, 0.15) is 10.7 Å². The van der Waals surface area contributed by atoms with Gasteiger partial charge in [0.15, 0.2) is 0 Å². The lowest BCUT2D eigenvalue weighted by Crippen LogP contribution is -2.30. The molecule has 2 aromatic rings. The van der Waals surface area contributed by atoms with Crippen LogP contribution in [0.3, 0.4) is 0 Å². The largest absolute Gasteiger partial charge is 0.366 e. The lowest BCUT2D eigenvalue weighted by molar-refractivity contribution is -0.384. The van der Waals surface area contributed by atoms with Crippen molar-refractivity contribution in [3.63, 3.8) is 0 Å². The van der Waals surface area contributed by atoms with Crippen molar-refractivity contribution in [3.8, 4) is 0 Å².